The summed E-state index contributed by atoms with van der Waals surface area (Å²) in [6.07, 6.45) is 2.22. The molecule has 2 saturated heterocycles. The van der Waals surface area contributed by atoms with Gasteiger partial charge < -0.3 is 20.9 Å². The molecule has 1 saturated carbocycles. The molecule has 3 rings (SSSR count). The second-order valence-corrected chi connectivity index (χ2v) is 18.6. The summed E-state index contributed by atoms with van der Waals surface area (Å²) in [7, 11) is -4.04. The molecular weight excluding hydrogens is 664 g/mol. The van der Waals surface area contributed by atoms with Gasteiger partial charge in [0.2, 0.25) is 17.6 Å². The molecule has 0 aromatic heterocycles. The monoisotopic (exact) mass is 722 g/mol. The van der Waals surface area contributed by atoms with Crippen molar-refractivity contribution < 1.29 is 37.2 Å². The van der Waals surface area contributed by atoms with Crippen molar-refractivity contribution in [1.82, 2.24) is 29.5 Å². The van der Waals surface area contributed by atoms with Crippen molar-refractivity contribution in [3.8, 4) is 0 Å². The number of amides is 5. The summed E-state index contributed by atoms with van der Waals surface area (Å²) in [5, 5.41) is 8.21. The molecule has 2 aliphatic heterocycles. The number of fused-ring (bicyclic) bond motifs is 1. The Kier molecular flexibility index (Phi) is 12.4. The third-order valence-corrected chi connectivity index (χ3v) is 12.5. The van der Waals surface area contributed by atoms with Crippen molar-refractivity contribution in [2.45, 2.75) is 107 Å². The highest BCUT2D eigenvalue weighted by Crippen LogP contribution is 2.65. The highest BCUT2D eigenvalue weighted by Gasteiger charge is 2.69. The normalized spacial score (nSPS) is 24.4. The fourth-order valence-corrected chi connectivity index (χ4v) is 8.89. The molecule has 3 aliphatic rings. The number of nitrogens with one attached hydrogen (secondary N) is 3. The van der Waals surface area contributed by atoms with Crippen LogP contribution in [0.3, 0.4) is 0 Å². The predicted octanol–water partition coefficient (Wildman–Crippen LogP) is 2.25. The van der Waals surface area contributed by atoms with Crippen molar-refractivity contribution in [2.75, 3.05) is 32.7 Å². The van der Waals surface area contributed by atoms with E-state index < -0.39 is 74.6 Å². The van der Waals surface area contributed by atoms with E-state index in [4.69, 9.17) is 0 Å². The topological polar surface area (TPSA) is 182 Å². The first-order valence-corrected chi connectivity index (χ1v) is 18.9. The zero-order valence-electron chi connectivity index (χ0n) is 31.4. The summed E-state index contributed by atoms with van der Waals surface area (Å²) in [4.78, 5) is 81.1. The second-order valence-electron chi connectivity index (χ2n) is 16.7. The summed E-state index contributed by atoms with van der Waals surface area (Å²) >= 11 is 0. The molecule has 14 nitrogen and oxygen atoms in total. The van der Waals surface area contributed by atoms with Crippen LogP contribution in [0.1, 0.15) is 88.5 Å². The molecule has 0 bridgehead atoms. The Morgan fingerprint density at radius 3 is 2.10 bits per heavy atom. The van der Waals surface area contributed by atoms with E-state index in [1.807, 2.05) is 27.7 Å². The van der Waals surface area contributed by atoms with E-state index in [2.05, 4.69) is 36.4 Å². The van der Waals surface area contributed by atoms with Crippen LogP contribution in [-0.2, 0) is 34.2 Å². The van der Waals surface area contributed by atoms with Crippen molar-refractivity contribution in [3.63, 3.8) is 0 Å². The fourth-order valence-electron chi connectivity index (χ4n) is 7.32. The largest absolute Gasteiger partial charge is 0.346 e. The van der Waals surface area contributed by atoms with Gasteiger partial charge in [-0.25, -0.2) is 9.10 Å². The Balaban J connectivity index is 1.83. The van der Waals surface area contributed by atoms with Crippen LogP contribution in [-0.4, -0.2) is 108 Å². The zero-order chi connectivity index (χ0) is 38.1. The summed E-state index contributed by atoms with van der Waals surface area (Å²) in [6.45, 7) is 22.2. The van der Waals surface area contributed by atoms with Gasteiger partial charge in [-0.3, -0.25) is 24.0 Å². The predicted molar refractivity (Wildman–Crippen MR) is 189 cm³/mol. The highest BCUT2D eigenvalue weighted by molar-refractivity contribution is 7.87. The van der Waals surface area contributed by atoms with Crippen molar-refractivity contribution >= 4 is 45.5 Å². The van der Waals surface area contributed by atoms with Gasteiger partial charge in [-0.2, -0.15) is 12.7 Å². The van der Waals surface area contributed by atoms with Crippen LogP contribution in [0.15, 0.2) is 12.7 Å². The third-order valence-electron chi connectivity index (χ3n) is 10.5. The lowest BCUT2D eigenvalue weighted by Gasteiger charge is -2.39. The molecule has 1 aliphatic carbocycles. The molecule has 2 heterocycles. The standard InChI is InChI=1S/C35H58N6O8S/c1-12-14-22(28(44)30(45)36-15-13-2)18-24(43)27-26-23(35(26,10)11)19-40(27)31(46)29(34(7,8)9)38-32(47)37-25(33(4,5)6)20-39-16-17-41(21(3)42)50(39,48)49/h13,22-23,25-27,29H,2,12,14-20H2,1,3-11H3,(H,36,45)(H2,37,38,47)/t22?,23-,25+,26-,27+,29+/m0/s1. The van der Waals surface area contributed by atoms with Gasteiger partial charge in [-0.1, -0.05) is 74.8 Å². The SMILES string of the molecule is C=CCNC(=O)C(=O)C(CCC)CC(=O)[C@@H]1[C@@H]2[C@H](CN1C(=O)[C@@H](NC(=O)N[C@H](CN1CCN(C(C)=O)S1(=O)=O)C(C)(C)C)C(C)(C)C)C2(C)C. The number of Topliss-reactive ketones (excluding diaryl/α,β-unsaturated/α-hetero) is 2. The van der Waals surface area contributed by atoms with Gasteiger partial charge in [0.1, 0.15) is 6.04 Å². The van der Waals surface area contributed by atoms with E-state index in [9.17, 15) is 37.2 Å². The van der Waals surface area contributed by atoms with Gasteiger partial charge >= 0.3 is 16.2 Å². The number of rotatable bonds is 14. The molecule has 1 unspecified atom stereocenters. The van der Waals surface area contributed by atoms with Crippen molar-refractivity contribution in [2.24, 2.45) is 34.0 Å². The Morgan fingerprint density at radius 2 is 1.60 bits per heavy atom. The molecule has 15 heteroatoms. The summed E-state index contributed by atoms with van der Waals surface area (Å²) < 4.78 is 28.0. The number of ketones is 2. The number of carbonyl (C=O) groups is 6. The first kappa shape index (κ1) is 41.1. The van der Waals surface area contributed by atoms with E-state index in [0.29, 0.717) is 19.4 Å². The van der Waals surface area contributed by atoms with E-state index in [-0.39, 0.29) is 55.6 Å². The number of piperidine rings is 1. The summed E-state index contributed by atoms with van der Waals surface area (Å²) in [5.41, 5.74) is -1.59. The minimum atomic E-state index is -4.04. The van der Waals surface area contributed by atoms with Crippen LogP contribution in [0, 0.1) is 34.0 Å². The average Bonchev–Trinajstić information content (AvgIpc) is 3.27. The van der Waals surface area contributed by atoms with E-state index in [1.54, 1.807) is 25.7 Å². The molecule has 0 aromatic rings. The van der Waals surface area contributed by atoms with Crippen molar-refractivity contribution in [1.29, 1.82) is 0 Å². The van der Waals surface area contributed by atoms with E-state index in [1.165, 1.54) is 17.3 Å². The number of urea groups is 1. The van der Waals surface area contributed by atoms with Crippen LogP contribution in [0.25, 0.3) is 0 Å². The van der Waals surface area contributed by atoms with Gasteiger partial charge in [0.15, 0.2) is 5.78 Å². The van der Waals surface area contributed by atoms with Crippen LogP contribution < -0.4 is 16.0 Å². The average molecular weight is 723 g/mol. The Morgan fingerprint density at radius 1 is 0.980 bits per heavy atom. The third kappa shape index (κ3) is 8.75. The Bertz CT molecular complexity index is 1480. The van der Waals surface area contributed by atoms with E-state index >= 15 is 0 Å². The molecule has 0 radical (unpaired) electrons. The van der Waals surface area contributed by atoms with Gasteiger partial charge in [-0.05, 0) is 34.5 Å². The van der Waals surface area contributed by atoms with Crippen LogP contribution in [0.2, 0.25) is 0 Å². The van der Waals surface area contributed by atoms with Crippen LogP contribution in [0.4, 0.5) is 4.79 Å². The molecule has 3 fully saturated rings. The first-order chi connectivity index (χ1) is 22.9. The Labute approximate surface area is 297 Å². The number of hydrogen-bond acceptors (Lipinski definition) is 8. The maximum absolute atomic E-state index is 14.4. The number of carbonyl (C=O) groups excluding carboxylic acids is 6. The maximum Gasteiger partial charge on any atom is 0.315 e. The summed E-state index contributed by atoms with van der Waals surface area (Å²) in [5.74, 6) is -3.61. The maximum atomic E-state index is 14.4. The van der Waals surface area contributed by atoms with Crippen LogP contribution in [0.5, 0.6) is 0 Å². The zero-order valence-corrected chi connectivity index (χ0v) is 32.2. The molecular formula is C35H58N6O8S. The first-order valence-electron chi connectivity index (χ1n) is 17.5. The number of likely N-dealkylation sites (tertiary alicyclic amines) is 1. The molecule has 50 heavy (non-hydrogen) atoms. The molecule has 282 valence electrons. The van der Waals surface area contributed by atoms with Crippen LogP contribution >= 0.6 is 0 Å². The fraction of sp³-hybridized carbons (Fsp3) is 0.771. The molecule has 3 N–H and O–H groups in total. The molecule has 5 amide bonds. The highest BCUT2D eigenvalue weighted by atomic mass is 32.2. The Hall–Kier alpha value is -3.33. The lowest BCUT2D eigenvalue weighted by Crippen LogP contribution is -2.61. The minimum absolute atomic E-state index is 0.0195. The summed E-state index contributed by atoms with van der Waals surface area (Å²) in [6, 6.07) is -3.23. The lowest BCUT2D eigenvalue weighted by molar-refractivity contribution is -0.145. The minimum Gasteiger partial charge on any atom is -0.346 e. The number of nitrogens with zero attached hydrogens (tertiary/aromatic N) is 3. The van der Waals surface area contributed by atoms with Crippen molar-refractivity contribution in [3.05, 3.63) is 12.7 Å². The lowest BCUT2D eigenvalue weighted by atomic mass is 9.84. The van der Waals surface area contributed by atoms with Gasteiger partial charge in [0, 0.05) is 51.5 Å². The molecule has 6 atom stereocenters. The van der Waals surface area contributed by atoms with Gasteiger partial charge in [0.05, 0.1) is 12.6 Å². The second kappa shape index (κ2) is 15.1. The molecule has 0 aromatic carbocycles. The molecule has 0 spiro atoms. The quantitative estimate of drug-likeness (QED) is 0.180. The van der Waals surface area contributed by atoms with Gasteiger partial charge in [-0.15, -0.1) is 6.58 Å². The smallest absolute Gasteiger partial charge is 0.315 e. The van der Waals surface area contributed by atoms with Gasteiger partial charge in [0.25, 0.3) is 5.91 Å². The number of hydrogen-bond donors (Lipinski definition) is 3. The van der Waals surface area contributed by atoms with E-state index in [0.717, 1.165) is 4.31 Å².